The normalized spacial score (nSPS) is 13.3. The highest BCUT2D eigenvalue weighted by molar-refractivity contribution is 5.16. The molecule has 12 heavy (non-hydrogen) atoms. The molecule has 0 heterocycles. The first kappa shape index (κ1) is 11.3. The molecular weight excluding hydrogens is 146 g/mol. The molecule has 0 radical (unpaired) electrons. The highest BCUT2D eigenvalue weighted by Gasteiger charge is 1.99. The van der Waals surface area contributed by atoms with Crippen molar-refractivity contribution in [2.24, 2.45) is 5.92 Å². The Hall–Kier alpha value is -0.720. The summed E-state index contributed by atoms with van der Waals surface area (Å²) in [5.41, 5.74) is 1.22. The molecule has 0 N–H and O–H groups in total. The van der Waals surface area contributed by atoms with E-state index in [1.54, 1.807) is 0 Å². The van der Waals surface area contributed by atoms with Gasteiger partial charge in [0.25, 0.3) is 0 Å². The number of nitrogens with zero attached hydrogens (tertiary/aromatic N) is 1. The van der Waals surface area contributed by atoms with Gasteiger partial charge in [0.1, 0.15) is 0 Å². The van der Waals surface area contributed by atoms with Gasteiger partial charge in [0.15, 0.2) is 0 Å². The second kappa shape index (κ2) is 5.87. The lowest BCUT2D eigenvalue weighted by Crippen LogP contribution is -2.08. The van der Waals surface area contributed by atoms with Crippen molar-refractivity contribution < 1.29 is 0 Å². The van der Waals surface area contributed by atoms with E-state index in [-0.39, 0.29) is 0 Å². The van der Waals surface area contributed by atoms with Crippen LogP contribution in [0, 0.1) is 5.92 Å². The average molecular weight is 167 g/mol. The summed E-state index contributed by atoms with van der Waals surface area (Å²) in [6.45, 7) is 11.6. The average Bonchev–Trinajstić information content (AvgIpc) is 2.11. The van der Waals surface area contributed by atoms with Gasteiger partial charge in [0.05, 0.1) is 0 Å². The van der Waals surface area contributed by atoms with E-state index < -0.39 is 0 Å². The standard InChI is InChI=1S/C11H21N/c1-6-10(3)11(4)8-9-12(5)7-2/h8-10H,4,6-7H2,1-3,5H3/b9-8-. The summed E-state index contributed by atoms with van der Waals surface area (Å²) >= 11 is 0. The zero-order valence-electron chi connectivity index (χ0n) is 8.80. The molecule has 0 spiro atoms. The molecule has 0 rings (SSSR count). The van der Waals surface area contributed by atoms with Crippen molar-refractivity contribution in [3.05, 3.63) is 24.4 Å². The van der Waals surface area contributed by atoms with E-state index >= 15 is 0 Å². The fraction of sp³-hybridized carbons (Fsp3) is 0.636. The van der Waals surface area contributed by atoms with Crippen LogP contribution < -0.4 is 0 Å². The molecule has 1 nitrogen and oxygen atoms in total. The van der Waals surface area contributed by atoms with Gasteiger partial charge in [0.2, 0.25) is 0 Å². The van der Waals surface area contributed by atoms with E-state index in [0.29, 0.717) is 5.92 Å². The van der Waals surface area contributed by atoms with Crippen LogP contribution in [-0.2, 0) is 0 Å². The van der Waals surface area contributed by atoms with Gasteiger partial charge < -0.3 is 4.90 Å². The molecule has 0 aromatic rings. The SMILES string of the molecule is C=C(/C=C\N(C)CC)C(C)CC. The van der Waals surface area contributed by atoms with E-state index in [0.717, 1.165) is 6.54 Å². The smallest absolute Gasteiger partial charge is 0.0140 e. The van der Waals surface area contributed by atoms with Crippen molar-refractivity contribution in [2.75, 3.05) is 13.6 Å². The maximum atomic E-state index is 4.02. The number of allylic oxidation sites excluding steroid dienone is 2. The second-order valence-electron chi connectivity index (χ2n) is 3.27. The van der Waals surface area contributed by atoms with Gasteiger partial charge in [0, 0.05) is 13.6 Å². The maximum Gasteiger partial charge on any atom is 0.0140 e. The molecule has 0 aromatic carbocycles. The van der Waals surface area contributed by atoms with Crippen LogP contribution in [-0.4, -0.2) is 18.5 Å². The molecule has 1 unspecified atom stereocenters. The van der Waals surface area contributed by atoms with Gasteiger partial charge in [-0.05, 0) is 31.5 Å². The van der Waals surface area contributed by atoms with Crippen molar-refractivity contribution in [3.63, 3.8) is 0 Å². The summed E-state index contributed by atoms with van der Waals surface area (Å²) in [4.78, 5) is 2.15. The predicted octanol–water partition coefficient (Wildman–Crippen LogP) is 3.05. The lowest BCUT2D eigenvalue weighted by Gasteiger charge is -2.12. The lowest BCUT2D eigenvalue weighted by atomic mass is 10.0. The van der Waals surface area contributed by atoms with Crippen molar-refractivity contribution in [3.8, 4) is 0 Å². The quantitative estimate of drug-likeness (QED) is 0.569. The highest BCUT2D eigenvalue weighted by Crippen LogP contribution is 2.12. The van der Waals surface area contributed by atoms with Crippen LogP contribution in [0.3, 0.4) is 0 Å². The van der Waals surface area contributed by atoms with Crippen LogP contribution >= 0.6 is 0 Å². The Labute approximate surface area is 76.8 Å². The van der Waals surface area contributed by atoms with Crippen molar-refractivity contribution in [2.45, 2.75) is 27.2 Å². The van der Waals surface area contributed by atoms with E-state index in [9.17, 15) is 0 Å². The minimum absolute atomic E-state index is 0.603. The molecule has 0 saturated heterocycles. The summed E-state index contributed by atoms with van der Waals surface area (Å²) in [6.07, 6.45) is 5.37. The monoisotopic (exact) mass is 167 g/mol. The Bertz CT molecular complexity index is 158. The first-order valence-corrected chi connectivity index (χ1v) is 4.69. The summed E-state index contributed by atoms with van der Waals surface area (Å²) in [6, 6.07) is 0. The van der Waals surface area contributed by atoms with E-state index in [1.807, 2.05) is 0 Å². The van der Waals surface area contributed by atoms with Gasteiger partial charge in [-0.3, -0.25) is 0 Å². The lowest BCUT2D eigenvalue weighted by molar-refractivity contribution is 0.483. The molecule has 70 valence electrons. The first-order valence-electron chi connectivity index (χ1n) is 4.69. The molecule has 0 aromatic heterocycles. The molecule has 0 bridgehead atoms. The number of hydrogen-bond acceptors (Lipinski definition) is 1. The Morgan fingerprint density at radius 2 is 2.08 bits per heavy atom. The Balaban J connectivity index is 3.90. The number of hydrogen-bond donors (Lipinski definition) is 0. The molecule has 1 atom stereocenters. The third-order valence-electron chi connectivity index (χ3n) is 2.29. The Morgan fingerprint density at radius 1 is 1.50 bits per heavy atom. The van der Waals surface area contributed by atoms with Crippen LogP contribution in [0.25, 0.3) is 0 Å². The van der Waals surface area contributed by atoms with Gasteiger partial charge in [-0.15, -0.1) is 0 Å². The third kappa shape index (κ3) is 4.22. The first-order chi connectivity index (χ1) is 5.61. The minimum atomic E-state index is 0.603. The predicted molar refractivity (Wildman–Crippen MR) is 56.0 cm³/mol. The van der Waals surface area contributed by atoms with E-state index in [4.69, 9.17) is 0 Å². The van der Waals surface area contributed by atoms with Gasteiger partial charge in [-0.1, -0.05) is 26.0 Å². The molecular formula is C11H21N. The zero-order chi connectivity index (χ0) is 9.56. The maximum absolute atomic E-state index is 4.02. The largest absolute Gasteiger partial charge is 0.381 e. The zero-order valence-corrected chi connectivity index (χ0v) is 8.80. The van der Waals surface area contributed by atoms with Crippen LogP contribution in [0.1, 0.15) is 27.2 Å². The molecule has 0 fully saturated rings. The topological polar surface area (TPSA) is 3.24 Å². The van der Waals surface area contributed by atoms with Crippen LogP contribution in [0.2, 0.25) is 0 Å². The number of rotatable bonds is 5. The van der Waals surface area contributed by atoms with Crippen LogP contribution in [0.4, 0.5) is 0 Å². The van der Waals surface area contributed by atoms with Crippen LogP contribution in [0.15, 0.2) is 24.4 Å². The summed E-state index contributed by atoms with van der Waals surface area (Å²) in [7, 11) is 2.07. The molecule has 1 heteroatoms. The molecule has 0 amide bonds. The van der Waals surface area contributed by atoms with Crippen molar-refractivity contribution >= 4 is 0 Å². The third-order valence-corrected chi connectivity index (χ3v) is 2.29. The second-order valence-corrected chi connectivity index (χ2v) is 3.27. The van der Waals surface area contributed by atoms with Gasteiger partial charge in [-0.25, -0.2) is 0 Å². The van der Waals surface area contributed by atoms with Gasteiger partial charge >= 0.3 is 0 Å². The molecule has 0 saturated carbocycles. The van der Waals surface area contributed by atoms with Crippen molar-refractivity contribution in [1.29, 1.82) is 0 Å². The molecule has 0 aliphatic carbocycles. The summed E-state index contributed by atoms with van der Waals surface area (Å²) in [5, 5.41) is 0. The highest BCUT2D eigenvalue weighted by atomic mass is 15.1. The van der Waals surface area contributed by atoms with E-state index in [2.05, 4.69) is 51.6 Å². The van der Waals surface area contributed by atoms with Crippen molar-refractivity contribution in [1.82, 2.24) is 4.90 Å². The molecule has 0 aliphatic heterocycles. The molecule has 0 aliphatic rings. The Morgan fingerprint density at radius 3 is 2.50 bits per heavy atom. The van der Waals surface area contributed by atoms with Gasteiger partial charge in [-0.2, -0.15) is 0 Å². The van der Waals surface area contributed by atoms with Crippen LogP contribution in [0.5, 0.6) is 0 Å². The summed E-state index contributed by atoms with van der Waals surface area (Å²) in [5.74, 6) is 0.603. The fourth-order valence-corrected chi connectivity index (χ4v) is 0.755. The minimum Gasteiger partial charge on any atom is -0.381 e. The fourth-order valence-electron chi connectivity index (χ4n) is 0.755. The summed E-state index contributed by atoms with van der Waals surface area (Å²) < 4.78 is 0. The van der Waals surface area contributed by atoms with E-state index in [1.165, 1.54) is 12.0 Å². The Kier molecular flexibility index (Phi) is 5.52.